The highest BCUT2D eigenvalue weighted by molar-refractivity contribution is 6.30. The number of benzene rings is 2. The van der Waals surface area contributed by atoms with Gasteiger partial charge in [0.1, 0.15) is 17.1 Å². The predicted molar refractivity (Wildman–Crippen MR) is 173 cm³/mol. The maximum atomic E-state index is 15.1. The zero-order valence-electron chi connectivity index (χ0n) is 26.4. The fourth-order valence-electron chi connectivity index (χ4n) is 7.90. The number of rotatable bonds is 10. The Morgan fingerprint density at radius 1 is 1.22 bits per heavy atom. The molecular formula is C36H43ClFN3O4. The summed E-state index contributed by atoms with van der Waals surface area (Å²) in [5, 5.41) is 14.4. The molecule has 45 heavy (non-hydrogen) atoms. The molecule has 2 aliphatic carbocycles. The van der Waals surface area contributed by atoms with Crippen molar-refractivity contribution in [3.63, 3.8) is 0 Å². The molecule has 9 heteroatoms. The normalized spacial score (nSPS) is 25.0. The minimum Gasteiger partial charge on any atom is -0.493 e. The van der Waals surface area contributed by atoms with E-state index in [4.69, 9.17) is 21.1 Å². The van der Waals surface area contributed by atoms with Crippen molar-refractivity contribution < 1.29 is 23.8 Å². The van der Waals surface area contributed by atoms with Crippen LogP contribution in [0.3, 0.4) is 0 Å². The second-order valence-electron chi connectivity index (χ2n) is 13.3. The van der Waals surface area contributed by atoms with Crippen LogP contribution in [0.25, 0.3) is 0 Å². The molecule has 0 amide bonds. The number of carboxylic acids is 1. The smallest absolute Gasteiger partial charge is 0.329 e. The van der Waals surface area contributed by atoms with Crippen molar-refractivity contribution in [3.05, 3.63) is 87.4 Å². The Morgan fingerprint density at radius 3 is 2.76 bits per heavy atom. The molecule has 1 spiro atoms. The molecule has 3 aliphatic rings. The number of nitrogens with one attached hydrogen (secondary N) is 1. The first-order chi connectivity index (χ1) is 21.6. The summed E-state index contributed by atoms with van der Waals surface area (Å²) in [4.78, 5) is 19.9. The minimum atomic E-state index is -1.13. The van der Waals surface area contributed by atoms with Crippen molar-refractivity contribution in [2.75, 3.05) is 25.6 Å². The minimum absolute atomic E-state index is 0.179. The van der Waals surface area contributed by atoms with Crippen molar-refractivity contribution in [3.8, 4) is 5.75 Å². The zero-order chi connectivity index (χ0) is 31.8. The maximum Gasteiger partial charge on any atom is 0.329 e. The van der Waals surface area contributed by atoms with Gasteiger partial charge in [-0.3, -0.25) is 9.88 Å². The van der Waals surface area contributed by atoms with Gasteiger partial charge in [-0.05, 0) is 98.4 Å². The number of hydrogen-bond donors (Lipinski definition) is 2. The first-order valence-corrected chi connectivity index (χ1v) is 16.5. The molecule has 0 unspecified atom stereocenters. The van der Waals surface area contributed by atoms with Crippen LogP contribution in [0.4, 0.5) is 10.1 Å². The fraction of sp³-hybridized carbons (Fsp3) is 0.500. The zero-order valence-corrected chi connectivity index (χ0v) is 27.1. The SMILES string of the molecule is COCc1cc2c(cc1F)CN(C[C@@H](C)COc1ccnc3c1[C@H](C)CCC3)C21CCC(Nc2cccc(Cl)c2)(C(=O)O)CC1. The van der Waals surface area contributed by atoms with E-state index in [-0.39, 0.29) is 18.3 Å². The van der Waals surface area contributed by atoms with E-state index in [0.29, 0.717) is 61.0 Å². The van der Waals surface area contributed by atoms with Gasteiger partial charge in [0, 0.05) is 65.4 Å². The summed E-state index contributed by atoms with van der Waals surface area (Å²) in [6, 6.07) is 12.8. The van der Waals surface area contributed by atoms with Gasteiger partial charge < -0.3 is 19.9 Å². The summed E-state index contributed by atoms with van der Waals surface area (Å²) in [5.41, 5.74) is 4.10. The molecule has 1 fully saturated rings. The van der Waals surface area contributed by atoms with Crippen LogP contribution in [0.1, 0.15) is 86.2 Å². The van der Waals surface area contributed by atoms with Crippen LogP contribution >= 0.6 is 11.6 Å². The van der Waals surface area contributed by atoms with Crippen molar-refractivity contribution in [2.45, 2.75) is 88.9 Å². The van der Waals surface area contributed by atoms with Gasteiger partial charge in [-0.1, -0.05) is 31.5 Å². The number of methoxy groups -OCH3 is 1. The Morgan fingerprint density at radius 2 is 2.02 bits per heavy atom. The molecule has 0 radical (unpaired) electrons. The maximum absolute atomic E-state index is 15.1. The van der Waals surface area contributed by atoms with Crippen molar-refractivity contribution in [1.29, 1.82) is 0 Å². The van der Waals surface area contributed by atoms with Crippen LogP contribution in [0.5, 0.6) is 5.75 Å². The number of aliphatic carboxylic acids is 1. The Kier molecular flexibility index (Phi) is 9.10. The van der Waals surface area contributed by atoms with Crippen molar-refractivity contribution in [1.82, 2.24) is 9.88 Å². The first kappa shape index (κ1) is 31.8. The number of carbonyl (C=O) groups is 1. The number of nitrogens with zero attached hydrogens (tertiary/aromatic N) is 2. The Balaban J connectivity index is 1.25. The molecule has 1 saturated carbocycles. The van der Waals surface area contributed by atoms with E-state index in [9.17, 15) is 9.90 Å². The molecule has 1 aliphatic heterocycles. The molecule has 2 atom stereocenters. The molecule has 2 heterocycles. The molecule has 2 N–H and O–H groups in total. The van der Waals surface area contributed by atoms with Gasteiger partial charge in [0.05, 0.1) is 13.2 Å². The number of aromatic nitrogens is 1. The highest BCUT2D eigenvalue weighted by atomic mass is 35.5. The number of anilines is 1. The number of carboxylic acid groups (broad SMARTS) is 1. The Labute approximate surface area is 270 Å². The number of halogens is 2. The van der Waals surface area contributed by atoms with E-state index in [1.54, 1.807) is 25.3 Å². The molecule has 240 valence electrons. The van der Waals surface area contributed by atoms with Crippen LogP contribution in [0.15, 0.2) is 48.7 Å². The lowest BCUT2D eigenvalue weighted by molar-refractivity contribution is -0.145. The molecule has 2 aromatic carbocycles. The van der Waals surface area contributed by atoms with Crippen LogP contribution in [0, 0.1) is 11.7 Å². The Bertz CT molecular complexity index is 1560. The van der Waals surface area contributed by atoms with Crippen molar-refractivity contribution >= 4 is 23.3 Å². The molecule has 1 aromatic heterocycles. The van der Waals surface area contributed by atoms with Gasteiger partial charge in [-0.15, -0.1) is 0 Å². The van der Waals surface area contributed by atoms with E-state index >= 15 is 4.39 Å². The predicted octanol–water partition coefficient (Wildman–Crippen LogP) is 7.70. The number of ether oxygens (including phenoxy) is 2. The molecule has 7 nitrogen and oxygen atoms in total. The van der Waals surface area contributed by atoms with Gasteiger partial charge in [0.25, 0.3) is 0 Å². The summed E-state index contributed by atoms with van der Waals surface area (Å²) in [5.74, 6) is 0.396. The largest absolute Gasteiger partial charge is 0.493 e. The summed E-state index contributed by atoms with van der Waals surface area (Å²) in [7, 11) is 1.57. The lowest BCUT2D eigenvalue weighted by Crippen LogP contribution is -2.55. The third-order valence-corrected chi connectivity index (χ3v) is 10.5. The molecule has 6 rings (SSSR count). The fourth-order valence-corrected chi connectivity index (χ4v) is 8.09. The van der Waals surface area contributed by atoms with Gasteiger partial charge >= 0.3 is 5.97 Å². The first-order valence-electron chi connectivity index (χ1n) is 16.1. The van der Waals surface area contributed by atoms with E-state index < -0.39 is 17.0 Å². The number of fused-ring (bicyclic) bond motifs is 3. The third kappa shape index (κ3) is 6.17. The van der Waals surface area contributed by atoms with Gasteiger partial charge in [-0.25, -0.2) is 9.18 Å². The molecule has 0 bridgehead atoms. The lowest BCUT2D eigenvalue weighted by atomic mass is 9.68. The highest BCUT2D eigenvalue weighted by Crippen LogP contribution is 2.52. The number of hydrogen-bond acceptors (Lipinski definition) is 6. The van der Waals surface area contributed by atoms with Gasteiger partial charge in [0.15, 0.2) is 0 Å². The summed E-state index contributed by atoms with van der Waals surface area (Å²) < 4.78 is 26.9. The number of aryl methyl sites for hydroxylation is 1. The average Bonchev–Trinajstić information content (AvgIpc) is 3.28. The van der Waals surface area contributed by atoms with Crippen LogP contribution in [-0.2, 0) is 34.6 Å². The molecule has 0 saturated heterocycles. The summed E-state index contributed by atoms with van der Waals surface area (Å²) in [6.07, 6.45) is 7.19. The summed E-state index contributed by atoms with van der Waals surface area (Å²) in [6.45, 7) is 6.51. The van der Waals surface area contributed by atoms with Crippen molar-refractivity contribution in [2.24, 2.45) is 5.92 Å². The van der Waals surface area contributed by atoms with Crippen LogP contribution < -0.4 is 10.1 Å². The lowest BCUT2D eigenvalue weighted by Gasteiger charge is -2.48. The summed E-state index contributed by atoms with van der Waals surface area (Å²) >= 11 is 6.22. The average molecular weight is 636 g/mol. The standard InChI is InChI=1S/C36H43ClFN3O4/c1-23(21-45-32-10-15-39-31-9-4-6-24(2)33(31)32)19-41-20-25-17-30(38)26(22-44-3)16-29(25)36(41)13-11-35(12-14-36,34(42)43)40-28-8-5-7-27(37)18-28/h5,7-8,10,15-18,23-24,40H,4,6,9,11-14,19-22H2,1-3H3,(H,42,43)/t23-,24-,35?,36?/m1/s1. The van der Waals surface area contributed by atoms with Crippen LogP contribution in [0.2, 0.25) is 5.02 Å². The van der Waals surface area contributed by atoms with E-state index in [0.717, 1.165) is 48.4 Å². The molecular weight excluding hydrogens is 593 g/mol. The number of pyridine rings is 1. The second-order valence-corrected chi connectivity index (χ2v) is 13.8. The van der Waals surface area contributed by atoms with E-state index in [1.807, 2.05) is 30.5 Å². The van der Waals surface area contributed by atoms with Crippen LogP contribution in [-0.4, -0.2) is 46.8 Å². The highest BCUT2D eigenvalue weighted by Gasteiger charge is 2.53. The second kappa shape index (κ2) is 12.9. The monoisotopic (exact) mass is 635 g/mol. The molecule has 3 aromatic rings. The van der Waals surface area contributed by atoms with Gasteiger partial charge in [-0.2, -0.15) is 0 Å². The quantitative estimate of drug-likeness (QED) is 0.236. The topological polar surface area (TPSA) is 83.9 Å². The van der Waals surface area contributed by atoms with E-state index in [1.165, 1.54) is 5.56 Å². The third-order valence-electron chi connectivity index (χ3n) is 10.2. The van der Waals surface area contributed by atoms with Gasteiger partial charge in [0.2, 0.25) is 0 Å². The van der Waals surface area contributed by atoms with E-state index in [2.05, 4.69) is 29.0 Å². The Hall–Kier alpha value is -3.20.